The summed E-state index contributed by atoms with van der Waals surface area (Å²) >= 11 is 0. The molecule has 0 bridgehead atoms. The summed E-state index contributed by atoms with van der Waals surface area (Å²) in [4.78, 5) is 10.8. The van der Waals surface area contributed by atoms with Crippen molar-refractivity contribution in [3.05, 3.63) is 12.4 Å². The van der Waals surface area contributed by atoms with Gasteiger partial charge in [0.05, 0.1) is 19.5 Å². The Bertz CT molecular complexity index is 319. The fraction of sp³-hybridized carbons (Fsp3) is 0.636. The van der Waals surface area contributed by atoms with Crippen LogP contribution in [0, 0.1) is 5.92 Å². The molecule has 0 amide bonds. The Morgan fingerprint density at radius 3 is 2.50 bits per heavy atom. The number of rotatable bonds is 3. The highest BCUT2D eigenvalue weighted by Crippen LogP contribution is 2.20. The van der Waals surface area contributed by atoms with Crippen LogP contribution >= 0.6 is 0 Å². The van der Waals surface area contributed by atoms with Crippen molar-refractivity contribution in [2.75, 3.05) is 31.6 Å². The number of ether oxygens (including phenoxy) is 1. The van der Waals surface area contributed by atoms with Crippen LogP contribution in [0.4, 0.5) is 5.95 Å². The third kappa shape index (κ3) is 2.41. The number of nitrogens with zero attached hydrogens (tertiary/aromatic N) is 3. The van der Waals surface area contributed by atoms with Crippen molar-refractivity contribution in [3.8, 4) is 5.75 Å². The van der Waals surface area contributed by atoms with Gasteiger partial charge in [-0.2, -0.15) is 0 Å². The summed E-state index contributed by atoms with van der Waals surface area (Å²) in [7, 11) is 1.62. The highest BCUT2D eigenvalue weighted by molar-refractivity contribution is 5.31. The van der Waals surface area contributed by atoms with Crippen LogP contribution in [0.3, 0.4) is 0 Å². The number of aromatic nitrogens is 2. The van der Waals surface area contributed by atoms with Gasteiger partial charge in [-0.05, 0) is 25.3 Å². The number of anilines is 1. The average Bonchev–Trinajstić information content (AvgIpc) is 2.39. The molecule has 1 aromatic rings. The summed E-state index contributed by atoms with van der Waals surface area (Å²) in [6.45, 7) is 2.78. The summed E-state index contributed by atoms with van der Waals surface area (Å²) in [5.41, 5.74) is 5.66. The van der Waals surface area contributed by atoms with Crippen LogP contribution in [0.2, 0.25) is 0 Å². The molecule has 2 N–H and O–H groups in total. The summed E-state index contributed by atoms with van der Waals surface area (Å²) < 4.78 is 5.03. The van der Waals surface area contributed by atoms with Gasteiger partial charge in [0.25, 0.3) is 0 Å². The zero-order chi connectivity index (χ0) is 11.4. The maximum absolute atomic E-state index is 5.66. The second-order valence-electron chi connectivity index (χ2n) is 4.09. The zero-order valence-electron chi connectivity index (χ0n) is 9.59. The molecule has 0 radical (unpaired) electrons. The van der Waals surface area contributed by atoms with Gasteiger partial charge in [-0.25, -0.2) is 9.97 Å². The molecule has 1 aliphatic rings. The Hall–Kier alpha value is -1.36. The fourth-order valence-corrected chi connectivity index (χ4v) is 1.95. The molecule has 0 aromatic carbocycles. The molecule has 5 heteroatoms. The molecule has 1 fully saturated rings. The third-order valence-corrected chi connectivity index (χ3v) is 3.08. The molecule has 1 saturated heterocycles. The van der Waals surface area contributed by atoms with Crippen molar-refractivity contribution in [3.63, 3.8) is 0 Å². The van der Waals surface area contributed by atoms with Crippen LogP contribution in [0.1, 0.15) is 12.8 Å². The first-order valence-electron chi connectivity index (χ1n) is 5.64. The summed E-state index contributed by atoms with van der Waals surface area (Å²) in [6, 6.07) is 0. The minimum Gasteiger partial charge on any atom is -0.494 e. The van der Waals surface area contributed by atoms with Crippen molar-refractivity contribution in [2.24, 2.45) is 11.7 Å². The van der Waals surface area contributed by atoms with Gasteiger partial charge in [-0.15, -0.1) is 0 Å². The highest BCUT2D eigenvalue weighted by atomic mass is 16.5. The topological polar surface area (TPSA) is 64.3 Å². The maximum atomic E-state index is 5.66. The predicted molar refractivity (Wildman–Crippen MR) is 62.6 cm³/mol. The molecule has 0 saturated carbocycles. The van der Waals surface area contributed by atoms with Crippen molar-refractivity contribution >= 4 is 5.95 Å². The summed E-state index contributed by atoms with van der Waals surface area (Å²) in [5, 5.41) is 0. The quantitative estimate of drug-likeness (QED) is 0.814. The second-order valence-corrected chi connectivity index (χ2v) is 4.09. The number of hydrogen-bond acceptors (Lipinski definition) is 5. The minimum atomic E-state index is 0.662. The van der Waals surface area contributed by atoms with Crippen LogP contribution in [-0.2, 0) is 0 Å². The van der Waals surface area contributed by atoms with E-state index >= 15 is 0 Å². The molecule has 0 aliphatic carbocycles. The van der Waals surface area contributed by atoms with E-state index in [-0.39, 0.29) is 0 Å². The second kappa shape index (κ2) is 5.12. The van der Waals surface area contributed by atoms with E-state index in [0.29, 0.717) is 11.7 Å². The van der Waals surface area contributed by atoms with E-state index in [1.165, 1.54) is 0 Å². The van der Waals surface area contributed by atoms with Gasteiger partial charge in [0.15, 0.2) is 5.75 Å². The largest absolute Gasteiger partial charge is 0.494 e. The number of methoxy groups -OCH3 is 1. The Labute approximate surface area is 95.6 Å². The van der Waals surface area contributed by atoms with Crippen LogP contribution in [-0.4, -0.2) is 36.7 Å². The van der Waals surface area contributed by atoms with Crippen LogP contribution < -0.4 is 15.4 Å². The van der Waals surface area contributed by atoms with Crippen LogP contribution in [0.25, 0.3) is 0 Å². The van der Waals surface area contributed by atoms with E-state index in [0.717, 1.165) is 38.4 Å². The van der Waals surface area contributed by atoms with Gasteiger partial charge in [-0.3, -0.25) is 0 Å². The smallest absolute Gasteiger partial charge is 0.225 e. The normalized spacial score (nSPS) is 17.5. The van der Waals surface area contributed by atoms with E-state index in [4.69, 9.17) is 10.5 Å². The monoisotopic (exact) mass is 222 g/mol. The van der Waals surface area contributed by atoms with E-state index < -0.39 is 0 Å². The molecule has 88 valence electrons. The predicted octanol–water partition coefficient (Wildman–Crippen LogP) is 0.660. The molecule has 0 unspecified atom stereocenters. The van der Waals surface area contributed by atoms with E-state index in [9.17, 15) is 0 Å². The Morgan fingerprint density at radius 2 is 2.00 bits per heavy atom. The van der Waals surface area contributed by atoms with Gasteiger partial charge >= 0.3 is 0 Å². The molecule has 0 spiro atoms. The van der Waals surface area contributed by atoms with E-state index in [2.05, 4.69) is 14.9 Å². The van der Waals surface area contributed by atoms with Crippen molar-refractivity contribution in [1.29, 1.82) is 0 Å². The SMILES string of the molecule is COc1cnc(N2CCC(CN)CC2)nc1. The first kappa shape index (κ1) is 11.1. The van der Waals surface area contributed by atoms with Crippen LogP contribution in [0.5, 0.6) is 5.75 Å². The van der Waals surface area contributed by atoms with E-state index in [1.807, 2.05) is 0 Å². The Morgan fingerprint density at radius 1 is 1.38 bits per heavy atom. The molecular weight excluding hydrogens is 204 g/mol. The lowest BCUT2D eigenvalue weighted by Gasteiger charge is -2.31. The van der Waals surface area contributed by atoms with Gasteiger partial charge in [0.1, 0.15) is 0 Å². The lowest BCUT2D eigenvalue weighted by molar-refractivity contribution is 0.404. The standard InChI is InChI=1S/C11H18N4O/c1-16-10-7-13-11(14-8-10)15-4-2-9(6-12)3-5-15/h7-9H,2-6,12H2,1H3. The number of piperidine rings is 1. The molecular formula is C11H18N4O. The van der Waals surface area contributed by atoms with Crippen molar-refractivity contribution in [2.45, 2.75) is 12.8 Å². The minimum absolute atomic E-state index is 0.662. The van der Waals surface area contributed by atoms with Gasteiger partial charge in [-0.1, -0.05) is 0 Å². The molecule has 2 rings (SSSR count). The Kier molecular flexibility index (Phi) is 3.56. The Balaban J connectivity index is 1.97. The first-order chi connectivity index (χ1) is 7.83. The molecule has 0 atom stereocenters. The van der Waals surface area contributed by atoms with Crippen LogP contribution in [0.15, 0.2) is 12.4 Å². The first-order valence-corrected chi connectivity index (χ1v) is 5.64. The molecule has 2 heterocycles. The van der Waals surface area contributed by atoms with Crippen molar-refractivity contribution < 1.29 is 4.74 Å². The fourth-order valence-electron chi connectivity index (χ4n) is 1.95. The van der Waals surface area contributed by atoms with E-state index in [1.54, 1.807) is 19.5 Å². The number of nitrogens with two attached hydrogens (primary N) is 1. The van der Waals surface area contributed by atoms with Gasteiger partial charge in [0, 0.05) is 13.1 Å². The maximum Gasteiger partial charge on any atom is 0.225 e. The average molecular weight is 222 g/mol. The number of hydrogen-bond donors (Lipinski definition) is 1. The molecule has 5 nitrogen and oxygen atoms in total. The molecule has 1 aliphatic heterocycles. The molecule has 16 heavy (non-hydrogen) atoms. The summed E-state index contributed by atoms with van der Waals surface area (Å²) in [5.74, 6) is 2.14. The third-order valence-electron chi connectivity index (χ3n) is 3.08. The van der Waals surface area contributed by atoms with Gasteiger partial charge in [0.2, 0.25) is 5.95 Å². The van der Waals surface area contributed by atoms with Crippen molar-refractivity contribution in [1.82, 2.24) is 9.97 Å². The highest BCUT2D eigenvalue weighted by Gasteiger charge is 2.19. The lowest BCUT2D eigenvalue weighted by atomic mass is 9.97. The zero-order valence-corrected chi connectivity index (χ0v) is 9.59. The summed E-state index contributed by atoms with van der Waals surface area (Å²) in [6.07, 6.45) is 5.67. The molecule has 1 aromatic heterocycles. The lowest BCUT2D eigenvalue weighted by Crippen LogP contribution is -2.37. The van der Waals surface area contributed by atoms with Gasteiger partial charge < -0.3 is 15.4 Å².